The molecule has 6 heteroatoms. The van der Waals surface area contributed by atoms with E-state index in [0.717, 1.165) is 6.42 Å². The van der Waals surface area contributed by atoms with Crippen molar-refractivity contribution in [3.8, 4) is 0 Å². The lowest BCUT2D eigenvalue weighted by Crippen LogP contribution is -2.53. The number of carbonyl (C=O) groups is 2. The van der Waals surface area contributed by atoms with Crippen LogP contribution in [0.2, 0.25) is 0 Å². The Labute approximate surface area is 94.3 Å². The number of morpholine rings is 1. The van der Waals surface area contributed by atoms with E-state index >= 15 is 0 Å². The second-order valence-electron chi connectivity index (χ2n) is 4.09. The van der Waals surface area contributed by atoms with Gasteiger partial charge in [-0.1, -0.05) is 0 Å². The maximum absolute atomic E-state index is 11.8. The first-order valence-electron chi connectivity index (χ1n) is 5.65. The van der Waals surface area contributed by atoms with E-state index in [1.807, 2.05) is 0 Å². The molecule has 3 amide bonds. The lowest BCUT2D eigenvalue weighted by molar-refractivity contribution is -0.122. The summed E-state index contributed by atoms with van der Waals surface area (Å²) in [7, 11) is 0. The van der Waals surface area contributed by atoms with Crippen molar-refractivity contribution < 1.29 is 14.3 Å². The smallest absolute Gasteiger partial charge is 0.317 e. The first-order chi connectivity index (χ1) is 7.75. The molecule has 1 atom stereocenters. The maximum Gasteiger partial charge on any atom is 0.317 e. The molecule has 2 rings (SSSR count). The normalized spacial score (nSPS) is 26.1. The Morgan fingerprint density at radius 3 is 2.81 bits per heavy atom. The van der Waals surface area contributed by atoms with Crippen LogP contribution in [0, 0.1) is 0 Å². The minimum atomic E-state index is -0.0514. The number of rotatable bonds is 1. The van der Waals surface area contributed by atoms with Crippen molar-refractivity contribution in [1.29, 1.82) is 0 Å². The average Bonchev–Trinajstić information content (AvgIpc) is 2.33. The Kier molecular flexibility index (Phi) is 3.61. The van der Waals surface area contributed by atoms with Crippen molar-refractivity contribution in [3.63, 3.8) is 0 Å². The molecule has 0 bridgehead atoms. The van der Waals surface area contributed by atoms with Gasteiger partial charge >= 0.3 is 6.03 Å². The summed E-state index contributed by atoms with van der Waals surface area (Å²) in [5.41, 5.74) is 0. The second-order valence-corrected chi connectivity index (χ2v) is 4.09. The van der Waals surface area contributed by atoms with Crippen molar-refractivity contribution >= 4 is 11.9 Å². The molecule has 0 spiro atoms. The molecule has 0 radical (unpaired) electrons. The predicted molar refractivity (Wildman–Crippen MR) is 57.0 cm³/mol. The van der Waals surface area contributed by atoms with Crippen LogP contribution in [0.25, 0.3) is 0 Å². The lowest BCUT2D eigenvalue weighted by atomic mass is 10.1. The van der Waals surface area contributed by atoms with Gasteiger partial charge in [0.15, 0.2) is 0 Å². The minimum Gasteiger partial charge on any atom is -0.378 e. The Morgan fingerprint density at radius 1 is 1.44 bits per heavy atom. The SMILES string of the molecule is O=C1CCC(NC(=O)N2CCOCC2)CN1. The van der Waals surface area contributed by atoms with E-state index in [4.69, 9.17) is 4.74 Å². The van der Waals surface area contributed by atoms with Gasteiger partial charge in [-0.25, -0.2) is 4.79 Å². The predicted octanol–water partition coefficient (Wildman–Crippen LogP) is -0.693. The standard InChI is InChI=1S/C10H17N3O3/c14-9-2-1-8(7-11-9)12-10(15)13-3-5-16-6-4-13/h8H,1-7H2,(H,11,14)(H,12,15). The van der Waals surface area contributed by atoms with Gasteiger partial charge in [-0.3, -0.25) is 4.79 Å². The van der Waals surface area contributed by atoms with Crippen molar-refractivity contribution in [2.24, 2.45) is 0 Å². The third kappa shape index (κ3) is 2.85. The Balaban J connectivity index is 1.75. The number of carbonyl (C=O) groups excluding carboxylic acids is 2. The molecule has 90 valence electrons. The zero-order valence-electron chi connectivity index (χ0n) is 9.20. The van der Waals surface area contributed by atoms with Crippen LogP contribution < -0.4 is 10.6 Å². The molecule has 2 aliphatic heterocycles. The number of hydrogen-bond donors (Lipinski definition) is 2. The van der Waals surface area contributed by atoms with Crippen molar-refractivity contribution in [1.82, 2.24) is 15.5 Å². The van der Waals surface area contributed by atoms with Crippen LogP contribution in [0.15, 0.2) is 0 Å². The fraction of sp³-hybridized carbons (Fsp3) is 0.800. The molecule has 0 aromatic carbocycles. The molecular formula is C10H17N3O3. The fourth-order valence-electron chi connectivity index (χ4n) is 1.89. The summed E-state index contributed by atoms with van der Waals surface area (Å²) in [5.74, 6) is 0.0665. The highest BCUT2D eigenvalue weighted by Crippen LogP contribution is 2.04. The highest BCUT2D eigenvalue weighted by Gasteiger charge is 2.23. The van der Waals surface area contributed by atoms with Crippen LogP contribution in [0.3, 0.4) is 0 Å². The summed E-state index contributed by atoms with van der Waals surface area (Å²) in [6.45, 7) is 3.04. The summed E-state index contributed by atoms with van der Waals surface area (Å²) in [6, 6.07) is 0.0116. The quantitative estimate of drug-likeness (QED) is 0.622. The van der Waals surface area contributed by atoms with Crippen LogP contribution in [0.4, 0.5) is 4.79 Å². The summed E-state index contributed by atoms with van der Waals surface area (Å²) >= 11 is 0. The van der Waals surface area contributed by atoms with Crippen LogP contribution in [-0.4, -0.2) is 55.7 Å². The number of nitrogens with one attached hydrogen (secondary N) is 2. The zero-order valence-corrected chi connectivity index (χ0v) is 9.20. The molecule has 1 unspecified atom stereocenters. The van der Waals surface area contributed by atoms with E-state index in [1.54, 1.807) is 4.90 Å². The van der Waals surface area contributed by atoms with E-state index in [9.17, 15) is 9.59 Å². The molecule has 2 heterocycles. The molecule has 6 nitrogen and oxygen atoms in total. The molecular weight excluding hydrogens is 210 g/mol. The molecule has 0 aromatic rings. The maximum atomic E-state index is 11.8. The fourth-order valence-corrected chi connectivity index (χ4v) is 1.89. The number of piperidine rings is 1. The minimum absolute atomic E-state index is 0.0514. The lowest BCUT2D eigenvalue weighted by Gasteiger charge is -2.30. The number of ether oxygens (including phenoxy) is 1. The van der Waals surface area contributed by atoms with Crippen LogP contribution in [-0.2, 0) is 9.53 Å². The van der Waals surface area contributed by atoms with E-state index < -0.39 is 0 Å². The van der Waals surface area contributed by atoms with Crippen molar-refractivity contribution in [2.75, 3.05) is 32.8 Å². The number of nitrogens with zero attached hydrogens (tertiary/aromatic N) is 1. The average molecular weight is 227 g/mol. The van der Waals surface area contributed by atoms with E-state index in [-0.39, 0.29) is 18.0 Å². The van der Waals surface area contributed by atoms with Crippen LogP contribution in [0.5, 0.6) is 0 Å². The molecule has 0 aromatic heterocycles. The van der Waals surface area contributed by atoms with Crippen LogP contribution in [0.1, 0.15) is 12.8 Å². The number of amides is 3. The summed E-state index contributed by atoms with van der Waals surface area (Å²) in [5, 5.41) is 5.67. The molecule has 2 fully saturated rings. The van der Waals surface area contributed by atoms with Gasteiger partial charge in [-0.05, 0) is 6.42 Å². The first-order valence-corrected chi connectivity index (χ1v) is 5.65. The highest BCUT2D eigenvalue weighted by molar-refractivity contribution is 5.78. The van der Waals surface area contributed by atoms with Crippen molar-refractivity contribution in [3.05, 3.63) is 0 Å². The van der Waals surface area contributed by atoms with Gasteiger partial charge in [0.2, 0.25) is 5.91 Å². The largest absolute Gasteiger partial charge is 0.378 e. The number of hydrogen-bond acceptors (Lipinski definition) is 3. The van der Waals surface area contributed by atoms with Gasteiger partial charge in [0, 0.05) is 32.1 Å². The monoisotopic (exact) mass is 227 g/mol. The van der Waals surface area contributed by atoms with Gasteiger partial charge in [0.05, 0.1) is 13.2 Å². The molecule has 0 aliphatic carbocycles. The van der Waals surface area contributed by atoms with E-state index in [0.29, 0.717) is 39.3 Å². The molecule has 2 N–H and O–H groups in total. The summed E-state index contributed by atoms with van der Waals surface area (Å²) < 4.78 is 5.18. The Morgan fingerprint density at radius 2 is 2.19 bits per heavy atom. The molecule has 2 aliphatic rings. The Bertz CT molecular complexity index is 266. The zero-order chi connectivity index (χ0) is 11.4. The van der Waals surface area contributed by atoms with Gasteiger partial charge in [0.25, 0.3) is 0 Å². The van der Waals surface area contributed by atoms with Gasteiger partial charge < -0.3 is 20.3 Å². The molecule has 0 saturated carbocycles. The Hall–Kier alpha value is -1.30. The van der Waals surface area contributed by atoms with Crippen LogP contribution >= 0.6 is 0 Å². The molecule has 16 heavy (non-hydrogen) atoms. The third-order valence-electron chi connectivity index (χ3n) is 2.89. The summed E-state index contributed by atoms with van der Waals surface area (Å²) in [4.78, 5) is 24.5. The topological polar surface area (TPSA) is 70.7 Å². The van der Waals surface area contributed by atoms with E-state index in [1.165, 1.54) is 0 Å². The van der Waals surface area contributed by atoms with Gasteiger partial charge in [-0.2, -0.15) is 0 Å². The summed E-state index contributed by atoms with van der Waals surface area (Å²) in [6.07, 6.45) is 1.22. The third-order valence-corrected chi connectivity index (χ3v) is 2.89. The number of urea groups is 1. The second kappa shape index (κ2) is 5.16. The van der Waals surface area contributed by atoms with Gasteiger partial charge in [-0.15, -0.1) is 0 Å². The molecule has 2 saturated heterocycles. The van der Waals surface area contributed by atoms with Gasteiger partial charge in [0.1, 0.15) is 0 Å². The van der Waals surface area contributed by atoms with E-state index in [2.05, 4.69) is 10.6 Å². The highest BCUT2D eigenvalue weighted by atomic mass is 16.5. The first kappa shape index (κ1) is 11.2. The van der Waals surface area contributed by atoms with Crippen molar-refractivity contribution in [2.45, 2.75) is 18.9 Å².